The van der Waals surface area contributed by atoms with Crippen LogP contribution in [0, 0.1) is 12.3 Å². The van der Waals surface area contributed by atoms with Crippen LogP contribution in [0.25, 0.3) is 0 Å². The average Bonchev–Trinajstić information content (AvgIpc) is 2.30. The molecule has 2 heteroatoms. The number of aryl methyl sites for hydroxylation is 1. The third kappa shape index (κ3) is 5.38. The molecule has 1 rings (SSSR count). The molecule has 0 fully saturated rings. The molecule has 1 atom stereocenters. The van der Waals surface area contributed by atoms with Gasteiger partial charge in [0.1, 0.15) is 0 Å². The van der Waals surface area contributed by atoms with Gasteiger partial charge < -0.3 is 5.32 Å². The number of hydrogen-bond donors (Lipinski definition) is 1. The highest BCUT2D eigenvalue weighted by Gasteiger charge is 2.24. The van der Waals surface area contributed by atoms with Crippen molar-refractivity contribution in [3.63, 3.8) is 0 Å². The summed E-state index contributed by atoms with van der Waals surface area (Å²) in [5.41, 5.74) is 2.50. The summed E-state index contributed by atoms with van der Waals surface area (Å²) in [6.45, 7) is 15.7. The molecule has 1 unspecified atom stereocenters. The molecule has 19 heavy (non-hydrogen) atoms. The van der Waals surface area contributed by atoms with Gasteiger partial charge in [-0.3, -0.25) is 0 Å². The van der Waals surface area contributed by atoms with E-state index < -0.39 is 0 Å². The van der Waals surface area contributed by atoms with Crippen molar-refractivity contribution in [2.75, 3.05) is 6.54 Å². The third-order valence-corrected chi connectivity index (χ3v) is 3.67. The summed E-state index contributed by atoms with van der Waals surface area (Å²) < 4.78 is 0. The van der Waals surface area contributed by atoms with Gasteiger partial charge in [0, 0.05) is 22.5 Å². The van der Waals surface area contributed by atoms with Crippen molar-refractivity contribution in [3.05, 3.63) is 47.0 Å². The molecule has 1 aromatic carbocycles. The lowest BCUT2D eigenvalue weighted by atomic mass is 9.83. The zero-order valence-electron chi connectivity index (χ0n) is 12.8. The monoisotopic (exact) mass is 279 g/mol. The summed E-state index contributed by atoms with van der Waals surface area (Å²) in [6, 6.07) is 6.26. The van der Waals surface area contributed by atoms with Gasteiger partial charge in [-0.25, -0.2) is 0 Å². The van der Waals surface area contributed by atoms with Crippen molar-refractivity contribution in [1.29, 1.82) is 0 Å². The summed E-state index contributed by atoms with van der Waals surface area (Å²) in [5, 5.41) is 4.40. The molecule has 0 heterocycles. The molecular weight excluding hydrogens is 254 g/mol. The van der Waals surface area contributed by atoms with E-state index >= 15 is 0 Å². The Morgan fingerprint density at radius 1 is 1.26 bits per heavy atom. The van der Waals surface area contributed by atoms with Gasteiger partial charge in [-0.15, -0.1) is 6.58 Å². The van der Waals surface area contributed by atoms with Gasteiger partial charge in [0.15, 0.2) is 0 Å². The van der Waals surface area contributed by atoms with Gasteiger partial charge in [-0.2, -0.15) is 0 Å². The lowest BCUT2D eigenvalue weighted by Crippen LogP contribution is -2.43. The first-order valence-corrected chi connectivity index (χ1v) is 7.17. The summed E-state index contributed by atoms with van der Waals surface area (Å²) >= 11 is 6.33. The van der Waals surface area contributed by atoms with Gasteiger partial charge in [0.05, 0.1) is 0 Å². The van der Waals surface area contributed by atoms with E-state index in [4.69, 9.17) is 11.6 Å². The van der Waals surface area contributed by atoms with Crippen LogP contribution >= 0.6 is 11.6 Å². The fourth-order valence-electron chi connectivity index (χ4n) is 1.90. The number of rotatable bonds is 5. The third-order valence-electron chi connectivity index (χ3n) is 3.32. The van der Waals surface area contributed by atoms with Crippen LogP contribution in [-0.4, -0.2) is 12.1 Å². The van der Waals surface area contributed by atoms with E-state index in [1.54, 1.807) is 0 Å². The predicted molar refractivity (Wildman–Crippen MR) is 86.0 cm³/mol. The maximum absolute atomic E-state index is 6.33. The van der Waals surface area contributed by atoms with E-state index in [2.05, 4.69) is 58.6 Å². The fourth-order valence-corrected chi connectivity index (χ4v) is 2.21. The van der Waals surface area contributed by atoms with Crippen LogP contribution in [0.15, 0.2) is 30.9 Å². The van der Waals surface area contributed by atoms with Crippen LogP contribution in [0.4, 0.5) is 0 Å². The van der Waals surface area contributed by atoms with Crippen LogP contribution in [0.3, 0.4) is 0 Å². The van der Waals surface area contributed by atoms with Crippen molar-refractivity contribution < 1.29 is 0 Å². The first-order chi connectivity index (χ1) is 8.65. The molecule has 0 spiro atoms. The molecule has 0 aliphatic rings. The molecular formula is C17H26ClN. The van der Waals surface area contributed by atoms with Gasteiger partial charge in [0.25, 0.3) is 0 Å². The largest absolute Gasteiger partial charge is 0.311 e. The second-order valence-corrected chi connectivity index (χ2v) is 7.14. The maximum Gasteiger partial charge on any atom is 0.0440 e. The van der Waals surface area contributed by atoms with E-state index in [0.29, 0.717) is 0 Å². The maximum atomic E-state index is 6.33. The Bertz CT molecular complexity index is 445. The Labute approximate surface area is 123 Å². The van der Waals surface area contributed by atoms with Crippen LogP contribution in [-0.2, 0) is 6.42 Å². The summed E-state index contributed by atoms with van der Waals surface area (Å²) in [6.07, 6.45) is 2.93. The molecule has 0 aliphatic heterocycles. The van der Waals surface area contributed by atoms with Crippen LogP contribution in [0.5, 0.6) is 0 Å². The predicted octanol–water partition coefficient (Wildman–Crippen LogP) is 4.77. The van der Waals surface area contributed by atoms with E-state index in [0.717, 1.165) is 18.0 Å². The second kappa shape index (κ2) is 6.11. The molecule has 0 amide bonds. The minimum atomic E-state index is 0.00613. The molecule has 0 bridgehead atoms. The molecule has 1 N–H and O–H groups in total. The van der Waals surface area contributed by atoms with Gasteiger partial charge in [-0.1, -0.05) is 36.7 Å². The average molecular weight is 280 g/mol. The Kier molecular flexibility index (Phi) is 5.23. The Hall–Kier alpha value is -0.790. The van der Waals surface area contributed by atoms with E-state index in [1.165, 1.54) is 11.1 Å². The molecule has 106 valence electrons. The number of benzene rings is 1. The number of halogens is 1. The highest BCUT2D eigenvalue weighted by Crippen LogP contribution is 2.28. The van der Waals surface area contributed by atoms with Gasteiger partial charge in [-0.05, 0) is 51.3 Å². The van der Waals surface area contributed by atoms with E-state index in [1.807, 2.05) is 12.1 Å². The quantitative estimate of drug-likeness (QED) is 0.766. The Morgan fingerprint density at radius 2 is 1.89 bits per heavy atom. The summed E-state index contributed by atoms with van der Waals surface area (Å²) in [7, 11) is 0. The smallest absolute Gasteiger partial charge is 0.0440 e. The molecule has 1 nitrogen and oxygen atoms in total. The lowest BCUT2D eigenvalue weighted by molar-refractivity contribution is 0.322. The van der Waals surface area contributed by atoms with Crippen molar-refractivity contribution in [2.24, 2.45) is 5.41 Å². The summed E-state index contributed by atoms with van der Waals surface area (Å²) in [4.78, 5) is 0. The fraction of sp³-hybridized carbons (Fsp3) is 0.529. The zero-order valence-corrected chi connectivity index (χ0v) is 13.6. The van der Waals surface area contributed by atoms with Crippen molar-refractivity contribution in [2.45, 2.75) is 46.6 Å². The van der Waals surface area contributed by atoms with Crippen LogP contribution < -0.4 is 5.32 Å². The second-order valence-electron chi connectivity index (χ2n) is 6.73. The Balaban J connectivity index is 2.82. The first kappa shape index (κ1) is 16.3. The van der Waals surface area contributed by atoms with Crippen molar-refractivity contribution in [3.8, 4) is 0 Å². The molecule has 0 aliphatic carbocycles. The SMILES string of the molecule is C=CC(C)(CNC(C)(C)C)Cc1ccc(C)cc1Cl. The molecule has 0 saturated carbocycles. The molecule has 0 saturated heterocycles. The van der Waals surface area contributed by atoms with Crippen LogP contribution in [0.2, 0.25) is 5.02 Å². The molecule has 0 radical (unpaired) electrons. The van der Waals surface area contributed by atoms with E-state index in [-0.39, 0.29) is 11.0 Å². The summed E-state index contributed by atoms with van der Waals surface area (Å²) in [5.74, 6) is 0. The Morgan fingerprint density at radius 3 is 2.37 bits per heavy atom. The van der Waals surface area contributed by atoms with Crippen LogP contribution in [0.1, 0.15) is 38.8 Å². The zero-order chi connectivity index (χ0) is 14.7. The normalized spacial score (nSPS) is 15.1. The van der Waals surface area contributed by atoms with Crippen molar-refractivity contribution >= 4 is 11.6 Å². The highest BCUT2D eigenvalue weighted by molar-refractivity contribution is 6.31. The first-order valence-electron chi connectivity index (χ1n) is 6.79. The van der Waals surface area contributed by atoms with Gasteiger partial charge in [0.2, 0.25) is 0 Å². The van der Waals surface area contributed by atoms with Crippen molar-refractivity contribution in [1.82, 2.24) is 5.32 Å². The van der Waals surface area contributed by atoms with Gasteiger partial charge >= 0.3 is 0 Å². The minimum absolute atomic E-state index is 0.00613. The lowest BCUT2D eigenvalue weighted by Gasteiger charge is -2.31. The standard InChI is InChI=1S/C17H26ClN/c1-7-17(6,12-19-16(3,4)5)11-14-9-8-13(2)10-15(14)18/h7-10,19H,1,11-12H2,2-6H3. The molecule has 1 aromatic rings. The highest BCUT2D eigenvalue weighted by atomic mass is 35.5. The number of hydrogen-bond acceptors (Lipinski definition) is 1. The van der Waals surface area contributed by atoms with E-state index in [9.17, 15) is 0 Å². The number of nitrogens with one attached hydrogen (secondary N) is 1. The minimum Gasteiger partial charge on any atom is -0.311 e. The topological polar surface area (TPSA) is 12.0 Å². The molecule has 0 aromatic heterocycles.